The van der Waals surface area contributed by atoms with E-state index in [9.17, 15) is 0 Å². The summed E-state index contributed by atoms with van der Waals surface area (Å²) >= 11 is 0. The predicted molar refractivity (Wildman–Crippen MR) is 131 cm³/mol. The SMILES string of the molecule is c1ccc(CN(Cc2ccccc2)c2cccc3c2ncc2nc4n(c23)CCCC4)cc1. The molecule has 0 radical (unpaired) electrons. The van der Waals surface area contributed by atoms with E-state index in [4.69, 9.17) is 9.97 Å². The lowest BCUT2D eigenvalue weighted by Gasteiger charge is -2.26. The molecule has 4 heteroatoms. The molecular weight excluding hydrogens is 392 g/mol. The molecule has 158 valence electrons. The summed E-state index contributed by atoms with van der Waals surface area (Å²) in [7, 11) is 0. The number of hydrogen-bond donors (Lipinski definition) is 0. The third kappa shape index (κ3) is 3.42. The van der Waals surface area contributed by atoms with E-state index in [1.54, 1.807) is 0 Å². The second-order valence-electron chi connectivity index (χ2n) is 8.63. The summed E-state index contributed by atoms with van der Waals surface area (Å²) in [5, 5.41) is 1.20. The van der Waals surface area contributed by atoms with Gasteiger partial charge in [-0.25, -0.2) is 4.98 Å². The topological polar surface area (TPSA) is 34.0 Å². The molecule has 0 saturated heterocycles. The maximum atomic E-state index is 4.94. The molecule has 0 saturated carbocycles. The van der Waals surface area contributed by atoms with Gasteiger partial charge in [-0.3, -0.25) is 4.98 Å². The second-order valence-corrected chi connectivity index (χ2v) is 8.63. The van der Waals surface area contributed by atoms with E-state index < -0.39 is 0 Å². The largest absolute Gasteiger partial charge is 0.361 e. The molecule has 32 heavy (non-hydrogen) atoms. The van der Waals surface area contributed by atoms with Crippen LogP contribution in [0, 0.1) is 0 Å². The van der Waals surface area contributed by atoms with Crippen molar-refractivity contribution in [1.82, 2.24) is 14.5 Å². The maximum absolute atomic E-state index is 4.94. The number of hydrogen-bond acceptors (Lipinski definition) is 3. The summed E-state index contributed by atoms with van der Waals surface area (Å²) in [6.45, 7) is 2.71. The number of pyridine rings is 1. The fraction of sp³-hybridized carbons (Fsp3) is 0.214. The number of anilines is 1. The van der Waals surface area contributed by atoms with E-state index in [-0.39, 0.29) is 0 Å². The number of rotatable bonds is 5. The minimum atomic E-state index is 0.832. The molecule has 0 fully saturated rings. The van der Waals surface area contributed by atoms with E-state index >= 15 is 0 Å². The summed E-state index contributed by atoms with van der Waals surface area (Å²) in [4.78, 5) is 12.3. The molecule has 1 aliphatic heterocycles. The Kier molecular flexibility index (Phi) is 4.83. The molecule has 3 aromatic carbocycles. The van der Waals surface area contributed by atoms with Crippen LogP contribution in [0.25, 0.3) is 21.9 Å². The van der Waals surface area contributed by atoms with Crippen molar-refractivity contribution >= 4 is 27.6 Å². The number of imidazole rings is 1. The molecule has 6 rings (SSSR count). The standard InChI is InChI=1S/C28H26N4/c1-3-10-21(11-4-1)19-31(20-22-12-5-2-6-13-22)25-15-9-14-23-27(25)29-18-24-28(23)32-17-8-7-16-26(32)30-24/h1-6,9-15,18H,7-8,16-17,19-20H2. The predicted octanol–water partition coefficient (Wildman–Crippen LogP) is 6.13. The first-order valence-electron chi connectivity index (χ1n) is 11.5. The lowest BCUT2D eigenvalue weighted by Crippen LogP contribution is -2.22. The summed E-state index contributed by atoms with van der Waals surface area (Å²) in [5.41, 5.74) is 7.07. The van der Waals surface area contributed by atoms with Gasteiger partial charge in [-0.05, 0) is 30.0 Å². The third-order valence-corrected chi connectivity index (χ3v) is 6.46. The van der Waals surface area contributed by atoms with Crippen molar-refractivity contribution in [1.29, 1.82) is 0 Å². The van der Waals surface area contributed by atoms with Crippen LogP contribution < -0.4 is 4.90 Å². The van der Waals surface area contributed by atoms with Gasteiger partial charge in [0.25, 0.3) is 0 Å². The van der Waals surface area contributed by atoms with E-state index in [2.05, 4.69) is 88.3 Å². The fourth-order valence-electron chi connectivity index (χ4n) is 4.95. The van der Waals surface area contributed by atoms with E-state index in [1.165, 1.54) is 46.4 Å². The van der Waals surface area contributed by atoms with Crippen LogP contribution in [0.2, 0.25) is 0 Å². The van der Waals surface area contributed by atoms with Gasteiger partial charge in [0.1, 0.15) is 11.3 Å². The third-order valence-electron chi connectivity index (χ3n) is 6.46. The smallest absolute Gasteiger partial charge is 0.109 e. The first kappa shape index (κ1) is 19.1. The van der Waals surface area contributed by atoms with Crippen LogP contribution in [0.3, 0.4) is 0 Å². The monoisotopic (exact) mass is 418 g/mol. The molecule has 2 aromatic heterocycles. The fourth-order valence-corrected chi connectivity index (χ4v) is 4.95. The number of nitrogens with zero attached hydrogens (tertiary/aromatic N) is 4. The Bertz CT molecular complexity index is 1330. The average Bonchev–Trinajstić information content (AvgIpc) is 3.24. The highest BCUT2D eigenvalue weighted by Gasteiger charge is 2.20. The molecule has 0 N–H and O–H groups in total. The molecule has 0 aliphatic carbocycles. The zero-order valence-electron chi connectivity index (χ0n) is 18.1. The number of fused-ring (bicyclic) bond motifs is 5. The van der Waals surface area contributed by atoms with Gasteiger partial charge < -0.3 is 9.47 Å². The van der Waals surface area contributed by atoms with Gasteiger partial charge in [-0.15, -0.1) is 0 Å². The van der Waals surface area contributed by atoms with Gasteiger partial charge >= 0.3 is 0 Å². The van der Waals surface area contributed by atoms with Crippen LogP contribution >= 0.6 is 0 Å². The van der Waals surface area contributed by atoms with Crippen LogP contribution in [-0.2, 0) is 26.1 Å². The van der Waals surface area contributed by atoms with Crippen molar-refractivity contribution in [2.24, 2.45) is 0 Å². The van der Waals surface area contributed by atoms with E-state index in [0.29, 0.717) is 0 Å². The lowest BCUT2D eigenvalue weighted by molar-refractivity contribution is 0.533. The van der Waals surface area contributed by atoms with Crippen LogP contribution in [0.15, 0.2) is 85.1 Å². The molecule has 1 aliphatic rings. The first-order chi connectivity index (χ1) is 15.9. The summed E-state index contributed by atoms with van der Waals surface area (Å²) < 4.78 is 2.42. The van der Waals surface area contributed by atoms with Gasteiger partial charge in [-0.1, -0.05) is 72.8 Å². The Morgan fingerprint density at radius 2 is 1.50 bits per heavy atom. The minimum Gasteiger partial charge on any atom is -0.361 e. The molecule has 0 spiro atoms. The summed E-state index contributed by atoms with van der Waals surface area (Å²) in [5.74, 6) is 1.20. The number of aromatic nitrogens is 3. The first-order valence-corrected chi connectivity index (χ1v) is 11.5. The highest BCUT2D eigenvalue weighted by molar-refractivity contribution is 6.06. The highest BCUT2D eigenvalue weighted by Crippen LogP contribution is 2.34. The molecule has 5 aromatic rings. The lowest BCUT2D eigenvalue weighted by atomic mass is 10.1. The van der Waals surface area contributed by atoms with Crippen molar-refractivity contribution in [2.45, 2.75) is 38.9 Å². The number of para-hydroxylation sites is 1. The molecule has 0 atom stereocenters. The quantitative estimate of drug-likeness (QED) is 0.344. The minimum absolute atomic E-state index is 0.832. The summed E-state index contributed by atoms with van der Waals surface area (Å²) in [6, 6.07) is 28.0. The van der Waals surface area contributed by atoms with E-state index in [0.717, 1.165) is 37.1 Å². The van der Waals surface area contributed by atoms with Crippen LogP contribution in [0.5, 0.6) is 0 Å². The van der Waals surface area contributed by atoms with Gasteiger partial charge in [0.15, 0.2) is 0 Å². The Morgan fingerprint density at radius 3 is 2.22 bits per heavy atom. The Balaban J connectivity index is 1.51. The number of benzene rings is 3. The zero-order chi connectivity index (χ0) is 21.3. The molecular formula is C28H26N4. The van der Waals surface area contributed by atoms with Crippen molar-refractivity contribution in [3.8, 4) is 0 Å². The summed E-state index contributed by atoms with van der Waals surface area (Å²) in [6.07, 6.45) is 5.47. The van der Waals surface area contributed by atoms with Gasteiger partial charge in [0.05, 0.1) is 22.9 Å². The van der Waals surface area contributed by atoms with Crippen molar-refractivity contribution in [3.63, 3.8) is 0 Å². The van der Waals surface area contributed by atoms with Crippen molar-refractivity contribution in [2.75, 3.05) is 4.90 Å². The molecule has 0 unspecified atom stereocenters. The van der Waals surface area contributed by atoms with Crippen LogP contribution in [0.4, 0.5) is 5.69 Å². The van der Waals surface area contributed by atoms with Gasteiger partial charge in [0.2, 0.25) is 0 Å². The molecule has 4 nitrogen and oxygen atoms in total. The van der Waals surface area contributed by atoms with Crippen LogP contribution in [-0.4, -0.2) is 14.5 Å². The molecule has 0 amide bonds. The van der Waals surface area contributed by atoms with Gasteiger partial charge in [-0.2, -0.15) is 0 Å². The Hall–Kier alpha value is -3.66. The Morgan fingerprint density at radius 1 is 0.781 bits per heavy atom. The second kappa shape index (κ2) is 8.12. The van der Waals surface area contributed by atoms with Crippen LogP contribution in [0.1, 0.15) is 29.8 Å². The van der Waals surface area contributed by atoms with Gasteiger partial charge in [0, 0.05) is 31.4 Å². The molecule has 3 heterocycles. The normalized spacial score (nSPS) is 13.4. The maximum Gasteiger partial charge on any atom is 0.109 e. The molecule has 0 bridgehead atoms. The highest BCUT2D eigenvalue weighted by atomic mass is 15.1. The number of aryl methyl sites for hydroxylation is 2. The van der Waals surface area contributed by atoms with Crippen molar-refractivity contribution < 1.29 is 0 Å². The Labute approximate surface area is 188 Å². The average molecular weight is 419 g/mol. The van der Waals surface area contributed by atoms with E-state index in [1.807, 2.05) is 6.20 Å². The zero-order valence-corrected chi connectivity index (χ0v) is 18.1. The van der Waals surface area contributed by atoms with Crippen molar-refractivity contribution in [3.05, 3.63) is 102 Å².